The first-order valence-corrected chi connectivity index (χ1v) is 8.99. The molecule has 0 saturated heterocycles. The second-order valence-corrected chi connectivity index (χ2v) is 6.88. The first-order chi connectivity index (χ1) is 12.4. The van der Waals surface area contributed by atoms with E-state index in [-0.39, 0.29) is 10.7 Å². The maximum Gasteiger partial charge on any atom is 0.339 e. The molecule has 0 atom stereocenters. The van der Waals surface area contributed by atoms with Crippen molar-refractivity contribution in [2.24, 2.45) is 0 Å². The minimum Gasteiger partial charge on any atom is -0.493 e. The molecule has 138 valence electrons. The second-order valence-electron chi connectivity index (χ2n) is 5.36. The molecule has 1 heterocycles. The summed E-state index contributed by atoms with van der Waals surface area (Å²) in [5.41, 5.74) is 0.977. The zero-order valence-corrected chi connectivity index (χ0v) is 15.5. The summed E-state index contributed by atoms with van der Waals surface area (Å²) in [6.45, 7) is 0. The average Bonchev–Trinajstić information content (AvgIpc) is 2.65. The summed E-state index contributed by atoms with van der Waals surface area (Å²) in [6, 6.07) is 7.98. The number of benzene rings is 2. The molecule has 7 nitrogen and oxygen atoms in total. The van der Waals surface area contributed by atoms with Crippen LogP contribution in [0, 0.1) is 0 Å². The van der Waals surface area contributed by atoms with Gasteiger partial charge in [0.05, 0.1) is 28.4 Å². The van der Waals surface area contributed by atoms with Gasteiger partial charge in [0.25, 0.3) is 0 Å². The molecule has 1 aliphatic heterocycles. The van der Waals surface area contributed by atoms with Gasteiger partial charge in [-0.05, 0) is 30.3 Å². The van der Waals surface area contributed by atoms with Crippen molar-refractivity contribution in [2.45, 2.75) is 4.90 Å². The molecule has 0 spiro atoms. The van der Waals surface area contributed by atoms with Crippen LogP contribution in [0.1, 0.15) is 11.1 Å². The lowest BCUT2D eigenvalue weighted by Crippen LogP contribution is -2.12. The van der Waals surface area contributed by atoms with Crippen molar-refractivity contribution < 1.29 is 31.5 Å². The summed E-state index contributed by atoms with van der Waals surface area (Å²) in [7, 11) is 1.93. The van der Waals surface area contributed by atoms with E-state index in [0.29, 0.717) is 34.1 Å². The third kappa shape index (κ3) is 3.03. The summed E-state index contributed by atoms with van der Waals surface area (Å²) in [5.74, 6) is 1.89. The van der Waals surface area contributed by atoms with Crippen molar-refractivity contribution >= 4 is 22.0 Å². The maximum absolute atomic E-state index is 12.6. The molecule has 2 aromatic rings. The van der Waals surface area contributed by atoms with Gasteiger partial charge < -0.3 is 23.1 Å². The van der Waals surface area contributed by atoms with Gasteiger partial charge in [0.1, 0.15) is 4.90 Å². The van der Waals surface area contributed by atoms with Crippen molar-refractivity contribution in [1.82, 2.24) is 0 Å². The van der Waals surface area contributed by atoms with Crippen LogP contribution in [0.4, 0.5) is 0 Å². The van der Waals surface area contributed by atoms with Crippen LogP contribution < -0.4 is 18.9 Å². The number of fused-ring (bicyclic) bond motifs is 1. The lowest BCUT2D eigenvalue weighted by atomic mass is 10.1. The fourth-order valence-electron chi connectivity index (χ4n) is 2.65. The third-order valence-corrected chi connectivity index (χ3v) is 5.23. The lowest BCUT2D eigenvalue weighted by Gasteiger charge is -2.20. The van der Waals surface area contributed by atoms with Crippen molar-refractivity contribution in [2.75, 3.05) is 28.4 Å². The molecule has 0 N–H and O–H groups in total. The Labute approximate surface area is 151 Å². The lowest BCUT2D eigenvalue weighted by molar-refractivity contribution is 0.353. The Hall–Kier alpha value is -2.87. The van der Waals surface area contributed by atoms with Gasteiger partial charge in [-0.3, -0.25) is 0 Å². The molecule has 26 heavy (non-hydrogen) atoms. The van der Waals surface area contributed by atoms with E-state index in [1.165, 1.54) is 34.5 Å². The predicted octanol–water partition coefficient (Wildman–Crippen LogP) is 2.94. The van der Waals surface area contributed by atoms with Gasteiger partial charge in [-0.15, -0.1) is 0 Å². The minimum absolute atomic E-state index is 0.0133. The number of hydrogen-bond donors (Lipinski definition) is 0. The van der Waals surface area contributed by atoms with E-state index < -0.39 is 10.1 Å². The minimum atomic E-state index is -4.01. The van der Waals surface area contributed by atoms with Gasteiger partial charge in [0, 0.05) is 17.2 Å². The van der Waals surface area contributed by atoms with Crippen LogP contribution >= 0.6 is 0 Å². The first kappa shape index (κ1) is 17.9. The SMILES string of the molecule is COc1ccc(C2=Cc3cc(OC)c(OC)cc3S(=O)(=O)O2)cc1OC. The molecule has 8 heteroatoms. The van der Waals surface area contributed by atoms with Gasteiger partial charge in [-0.1, -0.05) is 0 Å². The van der Waals surface area contributed by atoms with E-state index in [9.17, 15) is 8.42 Å². The second kappa shape index (κ2) is 6.80. The van der Waals surface area contributed by atoms with E-state index in [4.69, 9.17) is 23.1 Å². The molecule has 2 aromatic carbocycles. The molecule has 0 aromatic heterocycles. The highest BCUT2D eigenvalue weighted by molar-refractivity contribution is 7.87. The summed E-state index contributed by atoms with van der Waals surface area (Å²) in [5, 5.41) is 0. The molecule has 0 radical (unpaired) electrons. The number of rotatable bonds is 5. The van der Waals surface area contributed by atoms with Crippen LogP contribution in [0.3, 0.4) is 0 Å². The zero-order chi connectivity index (χ0) is 18.9. The van der Waals surface area contributed by atoms with Gasteiger partial charge in [-0.2, -0.15) is 8.42 Å². The van der Waals surface area contributed by atoms with Crippen LogP contribution in [-0.4, -0.2) is 36.9 Å². The monoisotopic (exact) mass is 378 g/mol. The Bertz CT molecular complexity index is 977. The molecule has 1 aliphatic rings. The molecule has 0 unspecified atom stereocenters. The molecule has 0 aliphatic carbocycles. The molecular weight excluding hydrogens is 360 g/mol. The van der Waals surface area contributed by atoms with E-state index in [2.05, 4.69) is 0 Å². The Kier molecular flexibility index (Phi) is 4.69. The Morgan fingerprint density at radius 2 is 1.35 bits per heavy atom. The molecule has 0 saturated carbocycles. The number of hydrogen-bond acceptors (Lipinski definition) is 7. The van der Waals surface area contributed by atoms with Crippen LogP contribution in [0.15, 0.2) is 35.2 Å². The van der Waals surface area contributed by atoms with Crippen LogP contribution in [0.25, 0.3) is 11.8 Å². The van der Waals surface area contributed by atoms with Gasteiger partial charge in [0.2, 0.25) is 0 Å². The summed E-state index contributed by atoms with van der Waals surface area (Å²) >= 11 is 0. The topological polar surface area (TPSA) is 80.3 Å². The largest absolute Gasteiger partial charge is 0.493 e. The fraction of sp³-hybridized carbons (Fsp3) is 0.222. The highest BCUT2D eigenvalue weighted by atomic mass is 32.2. The average molecular weight is 378 g/mol. The fourth-order valence-corrected chi connectivity index (χ4v) is 3.78. The van der Waals surface area contributed by atoms with Crippen LogP contribution in [0.5, 0.6) is 23.0 Å². The summed E-state index contributed by atoms with van der Waals surface area (Å²) in [6.07, 6.45) is 1.62. The van der Waals surface area contributed by atoms with Gasteiger partial charge in [0.15, 0.2) is 28.8 Å². The highest BCUT2D eigenvalue weighted by Gasteiger charge is 2.29. The highest BCUT2D eigenvalue weighted by Crippen LogP contribution is 2.40. The Morgan fingerprint density at radius 3 is 1.96 bits per heavy atom. The Morgan fingerprint density at radius 1 is 0.769 bits per heavy atom. The number of ether oxygens (including phenoxy) is 4. The quantitative estimate of drug-likeness (QED) is 0.740. The van der Waals surface area contributed by atoms with Crippen LogP contribution in [-0.2, 0) is 14.3 Å². The standard InChI is InChI=1S/C18H18O7S/c1-21-13-6-5-11(7-15(13)22-2)14-8-12-9-16(23-3)17(24-4)10-18(12)26(19,20)25-14/h5-10H,1-4H3. The zero-order valence-electron chi connectivity index (χ0n) is 14.7. The number of methoxy groups -OCH3 is 4. The Balaban J connectivity index is 2.16. The normalized spacial score (nSPS) is 14.5. The molecule has 3 rings (SSSR count). The van der Waals surface area contributed by atoms with Gasteiger partial charge in [-0.25, -0.2) is 0 Å². The molecule has 0 amide bonds. The van der Waals surface area contributed by atoms with Crippen molar-refractivity contribution in [1.29, 1.82) is 0 Å². The van der Waals surface area contributed by atoms with Crippen molar-refractivity contribution in [3.8, 4) is 23.0 Å². The first-order valence-electron chi connectivity index (χ1n) is 7.58. The van der Waals surface area contributed by atoms with E-state index in [1.54, 1.807) is 30.3 Å². The van der Waals surface area contributed by atoms with E-state index in [0.717, 1.165) is 0 Å². The van der Waals surface area contributed by atoms with Crippen LogP contribution in [0.2, 0.25) is 0 Å². The van der Waals surface area contributed by atoms with Gasteiger partial charge >= 0.3 is 10.1 Å². The molecule has 0 bridgehead atoms. The van der Waals surface area contributed by atoms with E-state index in [1.807, 2.05) is 0 Å². The molecule has 0 fully saturated rings. The third-order valence-electron chi connectivity index (χ3n) is 3.94. The smallest absolute Gasteiger partial charge is 0.339 e. The summed E-state index contributed by atoms with van der Waals surface area (Å²) in [4.78, 5) is 0.0133. The molecular formula is C18H18O7S. The van der Waals surface area contributed by atoms with Crippen molar-refractivity contribution in [3.63, 3.8) is 0 Å². The maximum atomic E-state index is 12.6. The summed E-state index contributed by atoms with van der Waals surface area (Å²) < 4.78 is 51.3. The van der Waals surface area contributed by atoms with E-state index >= 15 is 0 Å². The van der Waals surface area contributed by atoms with Crippen molar-refractivity contribution in [3.05, 3.63) is 41.5 Å². The predicted molar refractivity (Wildman–Crippen MR) is 95.2 cm³/mol.